The minimum atomic E-state index is -1.16. The Morgan fingerprint density at radius 3 is 1.34 bits per heavy atom. The van der Waals surface area contributed by atoms with Crippen LogP contribution < -0.4 is 5.32 Å². The summed E-state index contributed by atoms with van der Waals surface area (Å²) in [5.74, 6) is -0.161. The maximum atomic E-state index is 12.3. The van der Waals surface area contributed by atoms with Crippen LogP contribution in [0, 0.1) is 0 Å². The third kappa shape index (κ3) is 29.5. The Balaban J connectivity index is 3.64. The summed E-state index contributed by atoms with van der Waals surface area (Å²) < 4.78 is 0. The van der Waals surface area contributed by atoms with Gasteiger partial charge in [-0.05, 0) is 64.2 Å². The van der Waals surface area contributed by atoms with Crippen LogP contribution in [0.15, 0.2) is 24.3 Å². The van der Waals surface area contributed by atoms with E-state index in [4.69, 9.17) is 0 Å². The molecule has 4 N–H and O–H groups in total. The Morgan fingerprint density at radius 2 is 0.909 bits per heavy atom. The van der Waals surface area contributed by atoms with E-state index in [0.29, 0.717) is 12.8 Å². The van der Waals surface area contributed by atoms with Crippen molar-refractivity contribution >= 4 is 5.91 Å². The zero-order chi connectivity index (χ0) is 32.4. The average molecular weight is 622 g/mol. The number of hydrogen-bond acceptors (Lipinski definition) is 4. The monoisotopic (exact) mass is 622 g/mol. The molecule has 0 aromatic rings. The van der Waals surface area contributed by atoms with E-state index in [0.717, 1.165) is 38.5 Å². The zero-order valence-corrected chi connectivity index (χ0v) is 29.3. The summed E-state index contributed by atoms with van der Waals surface area (Å²) in [5, 5.41) is 33.2. The molecule has 0 saturated carbocycles. The van der Waals surface area contributed by atoms with Crippen molar-refractivity contribution in [2.24, 2.45) is 0 Å². The summed E-state index contributed by atoms with van der Waals surface area (Å²) in [7, 11) is 0. The Hall–Kier alpha value is -1.17. The standard InChI is InChI=1S/C39H75NO4/c1-3-5-7-9-11-13-14-15-16-17-18-19-20-21-22-23-24-26-28-30-32-34-38(43)40-36(35-41)39(44)37(42)33-31-29-27-25-12-10-8-6-4-2/h19-20,25,27,36-37,39,41-42,44H,3-18,21-24,26,28-35H2,1-2H3,(H,40,43)/b20-19-,27-25+. The molecule has 0 aliphatic rings. The fraction of sp³-hybridized carbons (Fsp3) is 0.872. The van der Waals surface area contributed by atoms with Gasteiger partial charge in [0.05, 0.1) is 18.8 Å². The molecule has 3 atom stereocenters. The molecule has 0 fully saturated rings. The Labute approximate surface area is 273 Å². The molecule has 0 spiro atoms. The van der Waals surface area contributed by atoms with Crippen molar-refractivity contribution in [3.63, 3.8) is 0 Å². The SMILES string of the molecule is CCCCCC/C=C/CCCC(O)C(O)C(CO)NC(=O)CCCCCCCCC/C=C\CCCCCCCCCCCC. The van der Waals surface area contributed by atoms with Gasteiger partial charge in [-0.2, -0.15) is 0 Å². The van der Waals surface area contributed by atoms with E-state index in [1.807, 2.05) is 0 Å². The first-order valence-corrected chi connectivity index (χ1v) is 19.1. The number of hydrogen-bond donors (Lipinski definition) is 4. The molecule has 0 heterocycles. The van der Waals surface area contributed by atoms with E-state index < -0.39 is 18.2 Å². The molecule has 0 saturated heterocycles. The molecule has 0 radical (unpaired) electrons. The van der Waals surface area contributed by atoms with Gasteiger partial charge in [-0.3, -0.25) is 4.79 Å². The second-order valence-corrected chi connectivity index (χ2v) is 13.1. The van der Waals surface area contributed by atoms with Gasteiger partial charge in [0, 0.05) is 6.42 Å². The lowest BCUT2D eigenvalue weighted by atomic mass is 10.0. The van der Waals surface area contributed by atoms with E-state index >= 15 is 0 Å². The summed E-state index contributed by atoms with van der Waals surface area (Å²) in [6, 6.07) is -0.824. The summed E-state index contributed by atoms with van der Waals surface area (Å²) in [5.41, 5.74) is 0. The minimum Gasteiger partial charge on any atom is -0.394 e. The number of aliphatic hydroxyl groups excluding tert-OH is 3. The fourth-order valence-corrected chi connectivity index (χ4v) is 5.74. The minimum absolute atomic E-state index is 0.161. The maximum Gasteiger partial charge on any atom is 0.220 e. The Bertz CT molecular complexity index is 650. The normalized spacial score (nSPS) is 14.0. The average Bonchev–Trinajstić information content (AvgIpc) is 3.03. The molecule has 5 nitrogen and oxygen atoms in total. The van der Waals surface area contributed by atoms with Gasteiger partial charge in [-0.1, -0.05) is 147 Å². The van der Waals surface area contributed by atoms with Gasteiger partial charge in [0.15, 0.2) is 0 Å². The fourth-order valence-electron chi connectivity index (χ4n) is 5.74. The molecular weight excluding hydrogens is 546 g/mol. The highest BCUT2D eigenvalue weighted by Gasteiger charge is 2.26. The number of rotatable bonds is 34. The molecule has 1 amide bonds. The van der Waals surface area contributed by atoms with E-state index in [2.05, 4.69) is 43.5 Å². The molecule has 0 aliphatic heterocycles. The highest BCUT2D eigenvalue weighted by molar-refractivity contribution is 5.76. The first-order chi connectivity index (χ1) is 21.6. The van der Waals surface area contributed by atoms with Crippen LogP contribution in [0.5, 0.6) is 0 Å². The second-order valence-electron chi connectivity index (χ2n) is 13.1. The third-order valence-electron chi connectivity index (χ3n) is 8.78. The number of nitrogens with one attached hydrogen (secondary N) is 1. The molecule has 0 rings (SSSR count). The van der Waals surface area contributed by atoms with Gasteiger partial charge >= 0.3 is 0 Å². The lowest BCUT2D eigenvalue weighted by Gasteiger charge is -2.26. The van der Waals surface area contributed by atoms with E-state index in [9.17, 15) is 20.1 Å². The van der Waals surface area contributed by atoms with Crippen LogP contribution in [0.3, 0.4) is 0 Å². The highest BCUT2D eigenvalue weighted by atomic mass is 16.3. The maximum absolute atomic E-state index is 12.3. The number of unbranched alkanes of at least 4 members (excludes halogenated alkanes) is 22. The molecule has 0 aromatic heterocycles. The van der Waals surface area contributed by atoms with E-state index in [1.54, 1.807) is 0 Å². The predicted octanol–water partition coefficient (Wildman–Crippen LogP) is 10.3. The predicted molar refractivity (Wildman–Crippen MR) is 190 cm³/mol. The van der Waals surface area contributed by atoms with Crippen molar-refractivity contribution in [2.75, 3.05) is 6.61 Å². The van der Waals surface area contributed by atoms with Crippen molar-refractivity contribution in [2.45, 2.75) is 212 Å². The van der Waals surface area contributed by atoms with Crippen molar-refractivity contribution in [1.29, 1.82) is 0 Å². The smallest absolute Gasteiger partial charge is 0.220 e. The van der Waals surface area contributed by atoms with Gasteiger partial charge in [0.25, 0.3) is 0 Å². The Kier molecular flexibility index (Phi) is 33.8. The molecule has 44 heavy (non-hydrogen) atoms. The number of carbonyl (C=O) groups excluding carboxylic acids is 1. The third-order valence-corrected chi connectivity index (χ3v) is 8.78. The van der Waals surface area contributed by atoms with E-state index in [-0.39, 0.29) is 12.5 Å². The van der Waals surface area contributed by atoms with Crippen molar-refractivity contribution < 1.29 is 20.1 Å². The van der Waals surface area contributed by atoms with Gasteiger partial charge in [0.1, 0.15) is 6.10 Å². The first kappa shape index (κ1) is 42.8. The van der Waals surface area contributed by atoms with Gasteiger partial charge in [-0.15, -0.1) is 0 Å². The highest BCUT2D eigenvalue weighted by Crippen LogP contribution is 2.14. The van der Waals surface area contributed by atoms with Crippen LogP contribution in [-0.2, 0) is 4.79 Å². The molecular formula is C39H75NO4. The number of aliphatic hydroxyl groups is 3. The van der Waals surface area contributed by atoms with Gasteiger partial charge in [0.2, 0.25) is 5.91 Å². The summed E-state index contributed by atoms with van der Waals surface area (Å²) in [6.07, 6.45) is 40.0. The molecule has 260 valence electrons. The van der Waals surface area contributed by atoms with Crippen LogP contribution in [-0.4, -0.2) is 46.1 Å². The summed E-state index contributed by atoms with van der Waals surface area (Å²) in [4.78, 5) is 12.3. The molecule has 0 aliphatic carbocycles. The van der Waals surface area contributed by atoms with E-state index in [1.165, 1.54) is 128 Å². The lowest BCUT2D eigenvalue weighted by molar-refractivity contribution is -0.124. The Morgan fingerprint density at radius 1 is 0.545 bits per heavy atom. The molecule has 0 bridgehead atoms. The molecule has 3 unspecified atom stereocenters. The van der Waals surface area contributed by atoms with Crippen molar-refractivity contribution in [3.8, 4) is 0 Å². The zero-order valence-electron chi connectivity index (χ0n) is 29.3. The van der Waals surface area contributed by atoms with Crippen LogP contribution in [0.25, 0.3) is 0 Å². The van der Waals surface area contributed by atoms with Crippen LogP contribution >= 0.6 is 0 Å². The lowest BCUT2D eigenvalue weighted by Crippen LogP contribution is -2.50. The number of amides is 1. The summed E-state index contributed by atoms with van der Waals surface area (Å²) in [6.45, 7) is 4.11. The van der Waals surface area contributed by atoms with Gasteiger partial charge in [-0.25, -0.2) is 0 Å². The second kappa shape index (κ2) is 34.7. The number of carbonyl (C=O) groups is 1. The van der Waals surface area contributed by atoms with Crippen LogP contribution in [0.1, 0.15) is 194 Å². The molecule has 0 aromatic carbocycles. The first-order valence-electron chi connectivity index (χ1n) is 19.1. The topological polar surface area (TPSA) is 89.8 Å². The van der Waals surface area contributed by atoms with Crippen molar-refractivity contribution in [1.82, 2.24) is 5.32 Å². The quantitative estimate of drug-likeness (QED) is 0.0425. The molecule has 5 heteroatoms. The van der Waals surface area contributed by atoms with Crippen LogP contribution in [0.2, 0.25) is 0 Å². The number of allylic oxidation sites excluding steroid dienone is 4. The summed E-state index contributed by atoms with van der Waals surface area (Å²) >= 11 is 0. The van der Waals surface area contributed by atoms with Crippen molar-refractivity contribution in [3.05, 3.63) is 24.3 Å². The largest absolute Gasteiger partial charge is 0.394 e. The van der Waals surface area contributed by atoms with Gasteiger partial charge < -0.3 is 20.6 Å². The van der Waals surface area contributed by atoms with Crippen LogP contribution in [0.4, 0.5) is 0 Å².